The van der Waals surface area contributed by atoms with Crippen LogP contribution in [0.5, 0.6) is 11.5 Å². The predicted molar refractivity (Wildman–Crippen MR) is 130 cm³/mol. The number of hydrogen-bond donors (Lipinski definition) is 1. The first-order valence-corrected chi connectivity index (χ1v) is 12.1. The maximum Gasteiger partial charge on any atom is 0.226 e. The zero-order chi connectivity index (χ0) is 22.3. The molecule has 0 saturated carbocycles. The minimum absolute atomic E-state index is 0.0370. The van der Waals surface area contributed by atoms with Gasteiger partial charge >= 0.3 is 0 Å². The van der Waals surface area contributed by atoms with Crippen molar-refractivity contribution in [3.05, 3.63) is 48.0 Å². The molecule has 2 aromatic carbocycles. The zero-order valence-corrected chi connectivity index (χ0v) is 19.6. The van der Waals surface area contributed by atoms with Gasteiger partial charge in [-0.2, -0.15) is 0 Å². The summed E-state index contributed by atoms with van der Waals surface area (Å²) < 4.78 is 11.9. The Hall–Kier alpha value is -2.64. The number of thiazole rings is 1. The van der Waals surface area contributed by atoms with E-state index >= 15 is 0 Å². The largest absolute Gasteiger partial charge is 0.497 e. The molecule has 0 bridgehead atoms. The number of ether oxygens (including phenoxy) is 2. The first kappa shape index (κ1) is 22.6. The molecular weight excluding hydrogens is 422 g/mol. The lowest BCUT2D eigenvalue weighted by Crippen LogP contribution is -2.32. The third-order valence-electron chi connectivity index (χ3n) is 5.86. The molecule has 1 aliphatic heterocycles. The highest BCUT2D eigenvalue weighted by Gasteiger charge is 2.16. The van der Waals surface area contributed by atoms with Crippen LogP contribution in [-0.4, -0.2) is 42.6 Å². The number of anilines is 1. The molecule has 2 heterocycles. The molecule has 4 rings (SSSR count). The molecule has 1 amide bonds. The molecule has 0 atom stereocenters. The summed E-state index contributed by atoms with van der Waals surface area (Å²) in [7, 11) is 1.63. The van der Waals surface area contributed by atoms with Gasteiger partial charge in [-0.25, -0.2) is 4.98 Å². The molecule has 0 spiro atoms. The van der Waals surface area contributed by atoms with Crippen LogP contribution in [-0.2, 0) is 11.3 Å². The van der Waals surface area contributed by atoms with Gasteiger partial charge in [0.15, 0.2) is 5.13 Å². The summed E-state index contributed by atoms with van der Waals surface area (Å²) in [6.45, 7) is 6.15. The highest BCUT2D eigenvalue weighted by atomic mass is 32.1. The average Bonchev–Trinajstić information content (AvgIpc) is 3.20. The zero-order valence-electron chi connectivity index (χ0n) is 18.8. The fraction of sp³-hybridized carbons (Fsp3) is 0.440. The first-order valence-electron chi connectivity index (χ1n) is 11.3. The summed E-state index contributed by atoms with van der Waals surface area (Å²) >= 11 is 1.54. The number of carbonyl (C=O) groups is 1. The van der Waals surface area contributed by atoms with Crippen LogP contribution in [0.4, 0.5) is 5.13 Å². The highest BCUT2D eigenvalue weighted by Crippen LogP contribution is 2.28. The second kappa shape index (κ2) is 10.8. The summed E-state index contributed by atoms with van der Waals surface area (Å²) in [6.07, 6.45) is 3.60. The number of hydrogen-bond acceptors (Lipinski definition) is 6. The number of likely N-dealkylation sites (tertiary alicyclic amines) is 1. The molecule has 1 N–H and O–H groups in total. The fourth-order valence-corrected chi connectivity index (χ4v) is 4.82. The van der Waals surface area contributed by atoms with Gasteiger partial charge in [0.25, 0.3) is 0 Å². The SMILES string of the molecule is COc1ccc(OCCCC(=O)Nc2nc3ccc(CN4CCC(C)CC4)cc3s2)cc1. The van der Waals surface area contributed by atoms with Crippen LogP contribution in [0, 0.1) is 5.92 Å². The third kappa shape index (κ3) is 6.20. The molecule has 0 aliphatic carbocycles. The van der Waals surface area contributed by atoms with Crippen molar-refractivity contribution in [2.75, 3.05) is 32.1 Å². The van der Waals surface area contributed by atoms with Gasteiger partial charge in [-0.15, -0.1) is 0 Å². The lowest BCUT2D eigenvalue weighted by atomic mass is 9.99. The summed E-state index contributed by atoms with van der Waals surface area (Å²) in [6, 6.07) is 13.9. The Morgan fingerprint density at radius 1 is 1.16 bits per heavy atom. The molecule has 1 aromatic heterocycles. The van der Waals surface area contributed by atoms with Crippen LogP contribution < -0.4 is 14.8 Å². The Morgan fingerprint density at radius 2 is 1.91 bits per heavy atom. The summed E-state index contributed by atoms with van der Waals surface area (Å²) in [5.74, 6) is 2.37. The van der Waals surface area contributed by atoms with Gasteiger partial charge in [-0.1, -0.05) is 24.3 Å². The van der Waals surface area contributed by atoms with E-state index in [4.69, 9.17) is 9.47 Å². The number of nitrogens with zero attached hydrogens (tertiary/aromatic N) is 2. The Morgan fingerprint density at radius 3 is 2.66 bits per heavy atom. The van der Waals surface area contributed by atoms with Crippen molar-refractivity contribution in [2.45, 2.75) is 39.2 Å². The number of benzene rings is 2. The number of rotatable bonds is 9. The quantitative estimate of drug-likeness (QED) is 0.444. The van der Waals surface area contributed by atoms with Crippen LogP contribution >= 0.6 is 11.3 Å². The molecular formula is C25H31N3O3S. The van der Waals surface area contributed by atoms with E-state index < -0.39 is 0 Å². The summed E-state index contributed by atoms with van der Waals surface area (Å²) in [4.78, 5) is 19.4. The number of methoxy groups -OCH3 is 1. The topological polar surface area (TPSA) is 63.7 Å². The Bertz CT molecular complexity index is 1030. The van der Waals surface area contributed by atoms with E-state index in [9.17, 15) is 4.79 Å². The van der Waals surface area contributed by atoms with Crippen molar-refractivity contribution in [1.82, 2.24) is 9.88 Å². The van der Waals surface area contributed by atoms with E-state index in [-0.39, 0.29) is 5.91 Å². The lowest BCUT2D eigenvalue weighted by molar-refractivity contribution is -0.116. The van der Waals surface area contributed by atoms with Gasteiger partial charge in [0.05, 0.1) is 23.9 Å². The molecule has 1 aliphatic rings. The van der Waals surface area contributed by atoms with Crippen LogP contribution in [0.2, 0.25) is 0 Å². The van der Waals surface area contributed by atoms with Gasteiger partial charge in [0, 0.05) is 13.0 Å². The van der Waals surface area contributed by atoms with Gasteiger partial charge in [0.2, 0.25) is 5.91 Å². The smallest absolute Gasteiger partial charge is 0.226 e. The summed E-state index contributed by atoms with van der Waals surface area (Å²) in [5.41, 5.74) is 2.24. The van der Waals surface area contributed by atoms with E-state index in [0.717, 1.165) is 34.2 Å². The number of carbonyl (C=O) groups excluding carboxylic acids is 1. The number of nitrogens with one attached hydrogen (secondary N) is 1. The molecule has 0 radical (unpaired) electrons. The number of fused-ring (bicyclic) bond motifs is 1. The minimum atomic E-state index is -0.0370. The average molecular weight is 454 g/mol. The van der Waals surface area contributed by atoms with Crippen LogP contribution in [0.1, 0.15) is 38.2 Å². The van der Waals surface area contributed by atoms with Crippen LogP contribution in [0.3, 0.4) is 0 Å². The molecule has 32 heavy (non-hydrogen) atoms. The maximum absolute atomic E-state index is 12.3. The predicted octanol–water partition coefficient (Wildman–Crippen LogP) is 5.33. The first-order chi connectivity index (χ1) is 15.6. The van der Waals surface area contributed by atoms with E-state index in [1.54, 1.807) is 7.11 Å². The monoisotopic (exact) mass is 453 g/mol. The number of aromatic nitrogens is 1. The number of amides is 1. The standard InChI is InChI=1S/C25H31N3O3S/c1-18-11-13-28(14-12-18)17-19-5-10-22-23(16-19)32-25(26-22)27-24(29)4-3-15-31-21-8-6-20(30-2)7-9-21/h5-10,16,18H,3-4,11-15,17H2,1-2H3,(H,26,27,29). The normalized spacial score (nSPS) is 15.1. The van der Waals surface area contributed by atoms with Crippen molar-refractivity contribution in [3.63, 3.8) is 0 Å². The van der Waals surface area contributed by atoms with E-state index in [1.165, 1.54) is 42.8 Å². The van der Waals surface area contributed by atoms with Gasteiger partial charge < -0.3 is 14.8 Å². The molecule has 3 aromatic rings. The second-order valence-corrected chi connectivity index (χ2v) is 9.49. The van der Waals surface area contributed by atoms with E-state index in [2.05, 4.69) is 40.3 Å². The highest BCUT2D eigenvalue weighted by molar-refractivity contribution is 7.22. The van der Waals surface area contributed by atoms with Gasteiger partial charge in [-0.05, 0) is 80.2 Å². The minimum Gasteiger partial charge on any atom is -0.497 e. The number of piperidine rings is 1. The van der Waals surface area contributed by atoms with E-state index in [0.29, 0.717) is 24.6 Å². The molecule has 1 saturated heterocycles. The molecule has 170 valence electrons. The Kier molecular flexibility index (Phi) is 7.60. The Labute approximate surface area is 193 Å². The second-order valence-electron chi connectivity index (χ2n) is 8.46. The maximum atomic E-state index is 12.3. The molecule has 7 heteroatoms. The third-order valence-corrected chi connectivity index (χ3v) is 6.79. The van der Waals surface area contributed by atoms with Crippen molar-refractivity contribution in [3.8, 4) is 11.5 Å². The molecule has 6 nitrogen and oxygen atoms in total. The molecule has 1 fully saturated rings. The van der Waals surface area contributed by atoms with Crippen molar-refractivity contribution in [1.29, 1.82) is 0 Å². The lowest BCUT2D eigenvalue weighted by Gasteiger charge is -2.30. The van der Waals surface area contributed by atoms with Crippen molar-refractivity contribution in [2.24, 2.45) is 5.92 Å². The van der Waals surface area contributed by atoms with Gasteiger partial charge in [0.1, 0.15) is 11.5 Å². The van der Waals surface area contributed by atoms with E-state index in [1.807, 2.05) is 24.3 Å². The Balaban J connectivity index is 1.23. The van der Waals surface area contributed by atoms with Crippen LogP contribution in [0.15, 0.2) is 42.5 Å². The van der Waals surface area contributed by atoms with Gasteiger partial charge in [-0.3, -0.25) is 9.69 Å². The van der Waals surface area contributed by atoms with Crippen molar-refractivity contribution < 1.29 is 14.3 Å². The van der Waals surface area contributed by atoms with Crippen LogP contribution in [0.25, 0.3) is 10.2 Å². The molecule has 0 unspecified atom stereocenters. The summed E-state index contributed by atoms with van der Waals surface area (Å²) in [5, 5.41) is 3.59. The fourth-order valence-electron chi connectivity index (χ4n) is 3.88. The van der Waals surface area contributed by atoms with Crippen molar-refractivity contribution >= 4 is 32.6 Å².